The molecule has 0 radical (unpaired) electrons. The Morgan fingerprint density at radius 1 is 1.00 bits per heavy atom. The fraction of sp³-hybridized carbons (Fsp3) is 0.567. The second-order valence-electron chi connectivity index (χ2n) is 11.5. The topological polar surface area (TPSA) is 125 Å². The number of carboxylic acids is 1. The van der Waals surface area contributed by atoms with Crippen LogP contribution in [0.3, 0.4) is 0 Å². The molecule has 2 amide bonds. The predicted molar refractivity (Wildman–Crippen MR) is 148 cm³/mol. The normalized spacial score (nSPS) is 21.8. The smallest absolute Gasteiger partial charge is 0.341 e. The molecule has 2 aliphatic heterocycles. The molecule has 5 rings (SSSR count). The highest BCUT2D eigenvalue weighted by Gasteiger charge is 2.42. The van der Waals surface area contributed by atoms with Crippen LogP contribution in [0.2, 0.25) is 0 Å². The van der Waals surface area contributed by atoms with Crippen molar-refractivity contribution in [1.29, 1.82) is 0 Å². The lowest BCUT2D eigenvalue weighted by atomic mass is 10.0. The average molecular weight is 550 g/mol. The highest BCUT2D eigenvalue weighted by Crippen LogP contribution is 2.33. The molecular formula is C30H39N5O5. The first-order valence-electron chi connectivity index (χ1n) is 14.3. The Balaban J connectivity index is 1.16. The Kier molecular flexibility index (Phi) is 8.63. The monoisotopic (exact) mass is 549 g/mol. The van der Waals surface area contributed by atoms with Crippen molar-refractivity contribution in [3.63, 3.8) is 0 Å². The number of aromatic nitrogens is 2. The number of carbonyl (C=O) groups excluding carboxylic acids is 2. The van der Waals surface area contributed by atoms with Crippen LogP contribution in [0.15, 0.2) is 30.3 Å². The van der Waals surface area contributed by atoms with Gasteiger partial charge >= 0.3 is 12.0 Å². The minimum absolute atomic E-state index is 0.00113. The van der Waals surface area contributed by atoms with Gasteiger partial charge in [0.25, 0.3) is 5.91 Å². The zero-order valence-electron chi connectivity index (χ0n) is 23.3. The molecule has 3 heterocycles. The van der Waals surface area contributed by atoms with Crippen molar-refractivity contribution in [2.45, 2.75) is 52.0 Å². The van der Waals surface area contributed by atoms with E-state index in [9.17, 15) is 14.4 Å². The summed E-state index contributed by atoms with van der Waals surface area (Å²) in [5, 5.41) is 12.2. The number of hydrogen-bond donors (Lipinski definition) is 2. The van der Waals surface area contributed by atoms with Crippen LogP contribution < -0.4 is 10.1 Å². The van der Waals surface area contributed by atoms with Crippen molar-refractivity contribution in [2.75, 3.05) is 39.3 Å². The Hall–Kier alpha value is -3.53. The Morgan fingerprint density at radius 3 is 2.23 bits per heavy atom. The number of carboxylic acid groups (broad SMARTS) is 1. The lowest BCUT2D eigenvalue weighted by Gasteiger charge is -2.26. The maximum Gasteiger partial charge on any atom is 0.341 e. The molecule has 10 nitrogen and oxygen atoms in total. The summed E-state index contributed by atoms with van der Waals surface area (Å²) in [5.41, 5.74) is 2.59. The second-order valence-corrected chi connectivity index (χ2v) is 11.5. The third-order valence-corrected chi connectivity index (χ3v) is 8.62. The van der Waals surface area contributed by atoms with E-state index in [1.165, 1.54) is 0 Å². The summed E-state index contributed by atoms with van der Waals surface area (Å²) < 4.78 is 5.10. The van der Waals surface area contributed by atoms with Crippen molar-refractivity contribution >= 4 is 17.8 Å². The molecule has 0 bridgehead atoms. The van der Waals surface area contributed by atoms with E-state index >= 15 is 0 Å². The van der Waals surface area contributed by atoms with Crippen LogP contribution in [0.5, 0.6) is 6.01 Å². The fourth-order valence-corrected chi connectivity index (χ4v) is 6.58. The number of aliphatic carboxylic acids is 1. The number of amides is 2. The van der Waals surface area contributed by atoms with Crippen molar-refractivity contribution in [3.05, 3.63) is 52.8 Å². The van der Waals surface area contributed by atoms with E-state index in [-0.39, 0.29) is 29.8 Å². The van der Waals surface area contributed by atoms with Gasteiger partial charge in [-0.15, -0.1) is 0 Å². The lowest BCUT2D eigenvalue weighted by molar-refractivity contribution is -0.139. The van der Waals surface area contributed by atoms with Gasteiger partial charge in [-0.1, -0.05) is 43.2 Å². The highest BCUT2D eigenvalue weighted by atomic mass is 16.5. The summed E-state index contributed by atoms with van der Waals surface area (Å²) in [6.45, 7) is 7.07. The van der Waals surface area contributed by atoms with E-state index in [2.05, 4.69) is 32.3 Å². The lowest BCUT2D eigenvalue weighted by Crippen LogP contribution is -2.37. The first kappa shape index (κ1) is 28.0. The summed E-state index contributed by atoms with van der Waals surface area (Å²) in [4.78, 5) is 49.9. The molecule has 10 heteroatoms. The number of ether oxygens (including phenoxy) is 1. The van der Waals surface area contributed by atoms with Gasteiger partial charge in [-0.25, -0.2) is 4.79 Å². The van der Waals surface area contributed by atoms with Crippen LogP contribution in [0, 0.1) is 31.6 Å². The summed E-state index contributed by atoms with van der Waals surface area (Å²) in [6, 6.07) is 10.2. The fourth-order valence-electron chi connectivity index (χ4n) is 6.58. The molecule has 1 saturated carbocycles. The van der Waals surface area contributed by atoms with E-state index in [0.717, 1.165) is 57.3 Å². The van der Waals surface area contributed by atoms with Gasteiger partial charge < -0.3 is 25.0 Å². The van der Waals surface area contributed by atoms with Gasteiger partial charge in [0, 0.05) is 38.6 Å². The number of benzene rings is 1. The average Bonchev–Trinajstić information content (AvgIpc) is 3.67. The van der Waals surface area contributed by atoms with Crippen molar-refractivity contribution in [1.82, 2.24) is 25.1 Å². The molecule has 1 aromatic heterocycles. The predicted octanol–water partition coefficient (Wildman–Crippen LogP) is 3.00. The van der Waals surface area contributed by atoms with Crippen molar-refractivity contribution < 1.29 is 24.2 Å². The van der Waals surface area contributed by atoms with E-state index in [1.807, 2.05) is 23.1 Å². The van der Waals surface area contributed by atoms with E-state index < -0.39 is 12.6 Å². The van der Waals surface area contributed by atoms with Gasteiger partial charge in [-0.2, -0.15) is 9.97 Å². The molecule has 214 valence electrons. The van der Waals surface area contributed by atoms with E-state index in [0.29, 0.717) is 41.9 Å². The zero-order valence-corrected chi connectivity index (χ0v) is 23.3. The zero-order chi connectivity index (χ0) is 28.2. The van der Waals surface area contributed by atoms with E-state index in [1.54, 1.807) is 13.8 Å². The molecular weight excluding hydrogens is 510 g/mol. The number of carbonyl (C=O) groups is 3. The molecule has 3 fully saturated rings. The van der Waals surface area contributed by atoms with Gasteiger partial charge in [0.05, 0.1) is 23.0 Å². The third-order valence-electron chi connectivity index (χ3n) is 8.62. The van der Waals surface area contributed by atoms with Crippen LogP contribution in [-0.2, 0) is 9.59 Å². The summed E-state index contributed by atoms with van der Waals surface area (Å²) in [7, 11) is 0. The minimum atomic E-state index is -1.11. The Bertz CT molecular complexity index is 1200. The molecule has 2 unspecified atom stereocenters. The first-order valence-corrected chi connectivity index (χ1v) is 14.3. The van der Waals surface area contributed by atoms with Gasteiger partial charge in [0.2, 0.25) is 5.91 Å². The Labute approximate surface area is 235 Å². The van der Waals surface area contributed by atoms with Crippen LogP contribution in [-0.4, -0.2) is 82.0 Å². The molecule has 2 N–H and O–H groups in total. The molecule has 40 heavy (non-hydrogen) atoms. The van der Waals surface area contributed by atoms with Crippen molar-refractivity contribution in [2.24, 2.45) is 17.8 Å². The summed E-state index contributed by atoms with van der Waals surface area (Å²) in [5.74, 6) is -0.0405. The van der Waals surface area contributed by atoms with Gasteiger partial charge in [0.15, 0.2) is 6.61 Å². The quantitative estimate of drug-likeness (QED) is 0.464. The number of hydrogen-bond acceptors (Lipinski definition) is 7. The third kappa shape index (κ3) is 6.43. The number of likely N-dealkylation sites (tertiary alicyclic amines) is 2. The van der Waals surface area contributed by atoms with Gasteiger partial charge in [-0.3, -0.25) is 9.59 Å². The number of aryl methyl sites for hydroxylation is 2. The standard InChI is InChI=1S/C30H39N5O5/c1-19-27(20(2)32-30(31-19)40-18-26(36)37)29(39)35-16-23-14-34(15-24(23)17-35)13-12-25(21-8-4-3-5-9-21)33-28(38)22-10-6-7-11-22/h3-5,8-9,22-25H,6-7,10-18H2,1-2H3,(H,33,38)(H,36,37)/t23?,24?,25-/m0/s1. The SMILES string of the molecule is Cc1nc(OCC(=O)O)nc(C)c1C(=O)N1CC2CN(CC[C@H](NC(=O)C3CCCC3)c3ccccc3)CC2C1. The molecule has 2 aromatic rings. The number of nitrogens with zero attached hydrogens (tertiary/aromatic N) is 4. The minimum Gasteiger partial charge on any atom is -0.479 e. The molecule has 1 aliphatic carbocycles. The Morgan fingerprint density at radius 2 is 1.62 bits per heavy atom. The van der Waals surface area contributed by atoms with Gasteiger partial charge in [0.1, 0.15) is 0 Å². The number of rotatable bonds is 10. The van der Waals surface area contributed by atoms with Crippen LogP contribution >= 0.6 is 0 Å². The summed E-state index contributed by atoms with van der Waals surface area (Å²) in [6.07, 6.45) is 5.13. The van der Waals surface area contributed by atoms with Crippen molar-refractivity contribution in [3.8, 4) is 6.01 Å². The molecule has 1 aromatic carbocycles. The summed E-state index contributed by atoms with van der Waals surface area (Å²) >= 11 is 0. The largest absolute Gasteiger partial charge is 0.479 e. The van der Waals surface area contributed by atoms with Crippen LogP contribution in [0.25, 0.3) is 0 Å². The number of fused-ring (bicyclic) bond motifs is 1. The molecule has 2 saturated heterocycles. The van der Waals surface area contributed by atoms with Crippen LogP contribution in [0.1, 0.15) is 65.5 Å². The maximum atomic E-state index is 13.4. The molecule has 0 spiro atoms. The molecule has 3 aliphatic rings. The maximum absolute atomic E-state index is 13.4. The van der Waals surface area contributed by atoms with Gasteiger partial charge in [-0.05, 0) is 50.5 Å². The number of nitrogens with one attached hydrogen (secondary N) is 1. The molecule has 3 atom stereocenters. The highest BCUT2D eigenvalue weighted by molar-refractivity contribution is 5.96. The van der Waals surface area contributed by atoms with Crippen LogP contribution in [0.4, 0.5) is 0 Å². The second kappa shape index (κ2) is 12.3. The van der Waals surface area contributed by atoms with E-state index in [4.69, 9.17) is 9.84 Å². The first-order chi connectivity index (χ1) is 19.3.